The van der Waals surface area contributed by atoms with Gasteiger partial charge in [-0.2, -0.15) is 0 Å². The van der Waals surface area contributed by atoms with E-state index in [0.717, 1.165) is 19.1 Å². The van der Waals surface area contributed by atoms with Crippen LogP contribution in [0, 0.1) is 5.92 Å². The molecule has 0 radical (unpaired) electrons. The van der Waals surface area contributed by atoms with Crippen LogP contribution < -0.4 is 5.32 Å². The molecular weight excluding hydrogens is 174 g/mol. The smallest absolute Gasteiger partial charge is 0.0576 e. The van der Waals surface area contributed by atoms with Crippen LogP contribution in [0.15, 0.2) is 0 Å². The van der Waals surface area contributed by atoms with Crippen molar-refractivity contribution in [2.24, 2.45) is 5.92 Å². The quantitative estimate of drug-likeness (QED) is 0.680. The topological polar surface area (TPSA) is 21.3 Å². The van der Waals surface area contributed by atoms with E-state index in [0.29, 0.717) is 6.10 Å². The summed E-state index contributed by atoms with van der Waals surface area (Å²) in [4.78, 5) is 0. The Morgan fingerprint density at radius 2 is 2.29 bits per heavy atom. The standard InChI is InChI=1S/C12H25NO/c1-11(8-9-13-2)5-3-6-12-7-4-10-14-12/h11-13H,3-10H2,1-2H3. The Hall–Kier alpha value is -0.0800. The molecule has 2 heteroatoms. The normalized spacial score (nSPS) is 24.0. The molecule has 1 fully saturated rings. The highest BCUT2D eigenvalue weighted by molar-refractivity contribution is 4.65. The third kappa shape index (κ3) is 4.97. The van der Waals surface area contributed by atoms with Crippen molar-refractivity contribution >= 4 is 0 Å². The van der Waals surface area contributed by atoms with E-state index in [2.05, 4.69) is 12.2 Å². The van der Waals surface area contributed by atoms with Crippen molar-refractivity contribution in [3.05, 3.63) is 0 Å². The van der Waals surface area contributed by atoms with Gasteiger partial charge < -0.3 is 10.1 Å². The highest BCUT2D eigenvalue weighted by atomic mass is 16.5. The average Bonchev–Trinajstić information content (AvgIpc) is 2.67. The first-order valence-corrected chi connectivity index (χ1v) is 6.09. The van der Waals surface area contributed by atoms with Crippen molar-refractivity contribution in [1.82, 2.24) is 5.32 Å². The maximum atomic E-state index is 5.60. The molecule has 1 aliphatic rings. The van der Waals surface area contributed by atoms with E-state index >= 15 is 0 Å². The van der Waals surface area contributed by atoms with Gasteiger partial charge in [-0.15, -0.1) is 0 Å². The molecule has 0 saturated carbocycles. The highest BCUT2D eigenvalue weighted by Gasteiger charge is 2.14. The van der Waals surface area contributed by atoms with Crippen LogP contribution in [0.3, 0.4) is 0 Å². The van der Waals surface area contributed by atoms with Crippen LogP contribution >= 0.6 is 0 Å². The van der Waals surface area contributed by atoms with Gasteiger partial charge in [0.1, 0.15) is 0 Å². The van der Waals surface area contributed by atoms with Crippen molar-refractivity contribution in [3.8, 4) is 0 Å². The fourth-order valence-electron chi connectivity index (χ4n) is 2.10. The van der Waals surface area contributed by atoms with Gasteiger partial charge in [-0.1, -0.05) is 19.8 Å². The molecule has 84 valence electrons. The Bertz CT molecular complexity index is 132. The predicted molar refractivity (Wildman–Crippen MR) is 60.5 cm³/mol. The lowest BCUT2D eigenvalue weighted by molar-refractivity contribution is 0.101. The van der Waals surface area contributed by atoms with E-state index < -0.39 is 0 Å². The maximum Gasteiger partial charge on any atom is 0.0576 e. The summed E-state index contributed by atoms with van der Waals surface area (Å²) in [5, 5.41) is 3.21. The van der Waals surface area contributed by atoms with Gasteiger partial charge in [0.05, 0.1) is 6.10 Å². The van der Waals surface area contributed by atoms with Crippen molar-refractivity contribution in [1.29, 1.82) is 0 Å². The first-order valence-electron chi connectivity index (χ1n) is 6.09. The van der Waals surface area contributed by atoms with E-state index in [4.69, 9.17) is 4.74 Å². The number of rotatable bonds is 7. The zero-order valence-corrected chi connectivity index (χ0v) is 9.72. The molecule has 1 saturated heterocycles. The second-order valence-corrected chi connectivity index (χ2v) is 4.56. The minimum absolute atomic E-state index is 0.589. The Kier molecular flexibility index (Phi) is 6.20. The molecule has 0 aromatic heterocycles. The van der Waals surface area contributed by atoms with Crippen LogP contribution in [-0.4, -0.2) is 26.3 Å². The zero-order valence-electron chi connectivity index (χ0n) is 9.72. The van der Waals surface area contributed by atoms with Crippen LogP contribution in [0.5, 0.6) is 0 Å². The summed E-state index contributed by atoms with van der Waals surface area (Å²) in [6.45, 7) is 4.51. The molecule has 14 heavy (non-hydrogen) atoms. The van der Waals surface area contributed by atoms with E-state index in [-0.39, 0.29) is 0 Å². The number of ether oxygens (including phenoxy) is 1. The molecule has 0 aliphatic carbocycles. The summed E-state index contributed by atoms with van der Waals surface area (Å²) in [7, 11) is 2.03. The molecule has 1 N–H and O–H groups in total. The van der Waals surface area contributed by atoms with E-state index in [1.165, 1.54) is 38.5 Å². The molecule has 0 amide bonds. The van der Waals surface area contributed by atoms with Crippen molar-refractivity contribution in [2.45, 2.75) is 51.6 Å². The lowest BCUT2D eigenvalue weighted by Gasteiger charge is -2.13. The summed E-state index contributed by atoms with van der Waals surface area (Å²) >= 11 is 0. The highest BCUT2D eigenvalue weighted by Crippen LogP contribution is 2.20. The SMILES string of the molecule is CNCCC(C)CCCC1CCCO1. The minimum Gasteiger partial charge on any atom is -0.378 e. The Morgan fingerprint density at radius 1 is 1.43 bits per heavy atom. The van der Waals surface area contributed by atoms with Crippen LogP contribution in [0.2, 0.25) is 0 Å². The first-order chi connectivity index (χ1) is 6.83. The number of nitrogens with one attached hydrogen (secondary N) is 1. The van der Waals surface area contributed by atoms with Gasteiger partial charge in [-0.25, -0.2) is 0 Å². The molecule has 2 atom stereocenters. The van der Waals surface area contributed by atoms with Crippen LogP contribution in [0.25, 0.3) is 0 Å². The summed E-state index contributed by atoms with van der Waals surface area (Å²) in [5.41, 5.74) is 0. The van der Waals surface area contributed by atoms with E-state index in [1.54, 1.807) is 0 Å². The van der Waals surface area contributed by atoms with Crippen molar-refractivity contribution < 1.29 is 4.74 Å². The van der Waals surface area contributed by atoms with E-state index in [1.807, 2.05) is 7.05 Å². The number of hydrogen-bond donors (Lipinski definition) is 1. The van der Waals surface area contributed by atoms with Gasteiger partial charge in [0.25, 0.3) is 0 Å². The number of hydrogen-bond acceptors (Lipinski definition) is 2. The maximum absolute atomic E-state index is 5.60. The lowest BCUT2D eigenvalue weighted by atomic mass is 9.99. The third-order valence-corrected chi connectivity index (χ3v) is 3.13. The fourth-order valence-corrected chi connectivity index (χ4v) is 2.10. The van der Waals surface area contributed by atoms with Gasteiger partial charge in [-0.3, -0.25) is 0 Å². The molecule has 1 heterocycles. The Balaban J connectivity index is 1.91. The molecule has 0 bridgehead atoms. The summed E-state index contributed by atoms with van der Waals surface area (Å²) < 4.78 is 5.60. The van der Waals surface area contributed by atoms with Gasteiger partial charge in [0.15, 0.2) is 0 Å². The van der Waals surface area contributed by atoms with Crippen molar-refractivity contribution in [2.75, 3.05) is 20.2 Å². The lowest BCUT2D eigenvalue weighted by Crippen LogP contribution is -2.12. The third-order valence-electron chi connectivity index (χ3n) is 3.13. The van der Waals surface area contributed by atoms with Crippen molar-refractivity contribution in [3.63, 3.8) is 0 Å². The van der Waals surface area contributed by atoms with Crippen LogP contribution in [-0.2, 0) is 4.74 Å². The first kappa shape index (κ1) is 12.0. The van der Waals surface area contributed by atoms with Crippen LogP contribution in [0.4, 0.5) is 0 Å². The molecule has 0 spiro atoms. The van der Waals surface area contributed by atoms with Crippen LogP contribution in [0.1, 0.15) is 45.4 Å². The minimum atomic E-state index is 0.589. The van der Waals surface area contributed by atoms with E-state index in [9.17, 15) is 0 Å². The molecular formula is C12H25NO. The average molecular weight is 199 g/mol. The molecule has 0 aromatic rings. The molecule has 2 nitrogen and oxygen atoms in total. The fraction of sp³-hybridized carbons (Fsp3) is 1.00. The van der Waals surface area contributed by atoms with Gasteiger partial charge in [0, 0.05) is 6.61 Å². The summed E-state index contributed by atoms with van der Waals surface area (Å²) in [6.07, 6.45) is 8.46. The molecule has 1 rings (SSSR count). The predicted octanol–water partition coefficient (Wildman–Crippen LogP) is 2.58. The Morgan fingerprint density at radius 3 is 2.93 bits per heavy atom. The Labute approximate surface area is 88.4 Å². The second-order valence-electron chi connectivity index (χ2n) is 4.56. The molecule has 0 aromatic carbocycles. The second kappa shape index (κ2) is 7.24. The summed E-state index contributed by atoms with van der Waals surface area (Å²) in [6, 6.07) is 0. The largest absolute Gasteiger partial charge is 0.378 e. The molecule has 1 aliphatic heterocycles. The summed E-state index contributed by atoms with van der Waals surface area (Å²) in [5.74, 6) is 0.865. The van der Waals surface area contributed by atoms with Gasteiger partial charge in [0.2, 0.25) is 0 Å². The van der Waals surface area contributed by atoms with Gasteiger partial charge >= 0.3 is 0 Å². The molecule has 2 unspecified atom stereocenters. The monoisotopic (exact) mass is 199 g/mol. The zero-order chi connectivity index (χ0) is 10.2. The van der Waals surface area contributed by atoms with Gasteiger partial charge in [-0.05, 0) is 45.2 Å².